The van der Waals surface area contributed by atoms with E-state index in [4.69, 9.17) is 0 Å². The van der Waals surface area contributed by atoms with Gasteiger partial charge >= 0.3 is 5.97 Å². The minimum absolute atomic E-state index is 0.391. The van der Waals surface area contributed by atoms with Gasteiger partial charge in [0.1, 0.15) is 5.56 Å². The minimum atomic E-state index is -0.391. The van der Waals surface area contributed by atoms with Gasteiger partial charge in [0.15, 0.2) is 0 Å². The summed E-state index contributed by atoms with van der Waals surface area (Å²) >= 11 is 0. The molecule has 0 radical (unpaired) electrons. The highest BCUT2D eigenvalue weighted by atomic mass is 16.5. The van der Waals surface area contributed by atoms with E-state index in [0.717, 1.165) is 0 Å². The highest BCUT2D eigenvalue weighted by Gasteiger charge is 2.13. The third-order valence-corrected chi connectivity index (χ3v) is 1.58. The standard InChI is InChI=1S/C8H10N2O2/c1-4-7-6(8(11)12-3)5-9-10(7)2/h4-5H,1H2,2-3H3. The first-order valence-corrected chi connectivity index (χ1v) is 3.43. The molecule has 0 aromatic carbocycles. The van der Waals surface area contributed by atoms with Crippen LogP contribution in [0.15, 0.2) is 12.8 Å². The predicted octanol–water partition coefficient (Wildman–Crippen LogP) is 0.850. The quantitative estimate of drug-likeness (QED) is 0.612. The summed E-state index contributed by atoms with van der Waals surface area (Å²) < 4.78 is 6.12. The van der Waals surface area contributed by atoms with E-state index in [1.807, 2.05) is 0 Å². The van der Waals surface area contributed by atoms with Crippen LogP contribution in [0.3, 0.4) is 0 Å². The molecular weight excluding hydrogens is 156 g/mol. The fourth-order valence-electron chi connectivity index (χ4n) is 0.956. The van der Waals surface area contributed by atoms with E-state index in [2.05, 4.69) is 16.4 Å². The van der Waals surface area contributed by atoms with Crippen molar-refractivity contribution in [1.82, 2.24) is 9.78 Å². The van der Waals surface area contributed by atoms with Crippen molar-refractivity contribution >= 4 is 12.0 Å². The van der Waals surface area contributed by atoms with Gasteiger partial charge in [0.2, 0.25) is 0 Å². The lowest BCUT2D eigenvalue weighted by Gasteiger charge is -1.97. The summed E-state index contributed by atoms with van der Waals surface area (Å²) in [5.74, 6) is -0.391. The minimum Gasteiger partial charge on any atom is -0.465 e. The van der Waals surface area contributed by atoms with E-state index in [-0.39, 0.29) is 0 Å². The van der Waals surface area contributed by atoms with Crippen molar-refractivity contribution in [2.45, 2.75) is 0 Å². The molecule has 0 N–H and O–H groups in total. The highest BCUT2D eigenvalue weighted by Crippen LogP contribution is 2.09. The molecule has 0 amide bonds. The molecule has 1 heterocycles. The van der Waals surface area contributed by atoms with Crippen molar-refractivity contribution in [2.24, 2.45) is 7.05 Å². The zero-order valence-corrected chi connectivity index (χ0v) is 7.07. The molecule has 0 bridgehead atoms. The summed E-state index contributed by atoms with van der Waals surface area (Å²) in [6, 6.07) is 0. The molecule has 1 aromatic rings. The summed E-state index contributed by atoms with van der Waals surface area (Å²) in [4.78, 5) is 11.1. The average molecular weight is 166 g/mol. The zero-order chi connectivity index (χ0) is 9.14. The van der Waals surface area contributed by atoms with Gasteiger partial charge in [0, 0.05) is 7.05 Å². The number of methoxy groups -OCH3 is 1. The lowest BCUT2D eigenvalue weighted by molar-refractivity contribution is 0.0600. The Balaban J connectivity index is 3.15. The van der Waals surface area contributed by atoms with Crippen molar-refractivity contribution in [3.8, 4) is 0 Å². The van der Waals surface area contributed by atoms with Gasteiger partial charge in [0.25, 0.3) is 0 Å². The maximum absolute atomic E-state index is 11.1. The molecule has 12 heavy (non-hydrogen) atoms. The second kappa shape index (κ2) is 3.21. The van der Waals surface area contributed by atoms with Crippen molar-refractivity contribution in [3.05, 3.63) is 24.0 Å². The van der Waals surface area contributed by atoms with Gasteiger partial charge in [-0.05, 0) is 6.08 Å². The van der Waals surface area contributed by atoms with Gasteiger partial charge in [-0.15, -0.1) is 0 Å². The Bertz CT molecular complexity index is 315. The monoisotopic (exact) mass is 166 g/mol. The van der Waals surface area contributed by atoms with Crippen molar-refractivity contribution < 1.29 is 9.53 Å². The number of rotatable bonds is 2. The Kier molecular flexibility index (Phi) is 2.28. The van der Waals surface area contributed by atoms with E-state index >= 15 is 0 Å². The Morgan fingerprint density at radius 1 is 1.83 bits per heavy atom. The van der Waals surface area contributed by atoms with Crippen LogP contribution in [0, 0.1) is 0 Å². The molecule has 0 saturated carbocycles. The fourth-order valence-corrected chi connectivity index (χ4v) is 0.956. The van der Waals surface area contributed by atoms with Crippen LogP contribution in [0.1, 0.15) is 16.1 Å². The van der Waals surface area contributed by atoms with Crippen molar-refractivity contribution in [3.63, 3.8) is 0 Å². The van der Waals surface area contributed by atoms with Gasteiger partial charge < -0.3 is 4.74 Å². The number of carbonyl (C=O) groups is 1. The van der Waals surface area contributed by atoms with Crippen LogP contribution in [0.2, 0.25) is 0 Å². The molecule has 0 saturated heterocycles. The third kappa shape index (κ3) is 1.23. The molecule has 64 valence electrons. The summed E-state index contributed by atoms with van der Waals surface area (Å²) in [5, 5.41) is 3.90. The molecule has 0 fully saturated rings. The van der Waals surface area contributed by atoms with Crippen LogP contribution < -0.4 is 0 Å². The molecule has 0 atom stereocenters. The Labute approximate surface area is 70.4 Å². The molecule has 0 aliphatic carbocycles. The number of hydrogen-bond acceptors (Lipinski definition) is 3. The summed E-state index contributed by atoms with van der Waals surface area (Å²) in [6.07, 6.45) is 3.03. The number of esters is 1. The predicted molar refractivity (Wildman–Crippen MR) is 44.6 cm³/mol. The number of hydrogen-bond donors (Lipinski definition) is 0. The lowest BCUT2D eigenvalue weighted by Crippen LogP contribution is -2.03. The molecule has 1 rings (SSSR count). The highest BCUT2D eigenvalue weighted by molar-refractivity contribution is 5.92. The molecule has 0 aliphatic heterocycles. The number of ether oxygens (including phenoxy) is 1. The molecule has 4 nitrogen and oxygen atoms in total. The molecule has 0 spiro atoms. The fraction of sp³-hybridized carbons (Fsp3) is 0.250. The molecule has 0 aliphatic rings. The third-order valence-electron chi connectivity index (χ3n) is 1.58. The van der Waals surface area contributed by atoms with Crippen LogP contribution in [0.25, 0.3) is 6.08 Å². The smallest absolute Gasteiger partial charge is 0.341 e. The Morgan fingerprint density at radius 2 is 2.50 bits per heavy atom. The van der Waals surface area contributed by atoms with E-state index in [0.29, 0.717) is 11.3 Å². The normalized spacial score (nSPS) is 9.50. The Morgan fingerprint density at radius 3 is 3.00 bits per heavy atom. The van der Waals surface area contributed by atoms with Crippen LogP contribution in [0.4, 0.5) is 0 Å². The van der Waals surface area contributed by atoms with Gasteiger partial charge in [-0.3, -0.25) is 4.68 Å². The molecule has 4 heteroatoms. The maximum atomic E-state index is 11.1. The van der Waals surface area contributed by atoms with E-state index in [1.54, 1.807) is 17.8 Å². The maximum Gasteiger partial charge on any atom is 0.341 e. The largest absolute Gasteiger partial charge is 0.465 e. The van der Waals surface area contributed by atoms with Gasteiger partial charge in [0.05, 0.1) is 19.0 Å². The van der Waals surface area contributed by atoms with Gasteiger partial charge in [-0.1, -0.05) is 6.58 Å². The summed E-state index contributed by atoms with van der Waals surface area (Å²) in [6.45, 7) is 3.57. The Hall–Kier alpha value is -1.58. The molecule has 0 unspecified atom stereocenters. The van der Waals surface area contributed by atoms with Gasteiger partial charge in [-0.2, -0.15) is 5.10 Å². The first-order chi connectivity index (χ1) is 5.70. The SMILES string of the molecule is C=Cc1c(C(=O)OC)cnn1C. The number of aryl methyl sites for hydroxylation is 1. The van der Waals surface area contributed by atoms with Crippen LogP contribution >= 0.6 is 0 Å². The lowest BCUT2D eigenvalue weighted by atomic mass is 10.2. The summed E-state index contributed by atoms with van der Waals surface area (Å²) in [5.41, 5.74) is 1.11. The first kappa shape index (κ1) is 8.52. The van der Waals surface area contributed by atoms with Crippen LogP contribution in [0.5, 0.6) is 0 Å². The van der Waals surface area contributed by atoms with E-state index < -0.39 is 5.97 Å². The zero-order valence-electron chi connectivity index (χ0n) is 7.07. The number of nitrogens with zero attached hydrogens (tertiary/aromatic N) is 2. The summed E-state index contributed by atoms with van der Waals surface area (Å²) in [7, 11) is 3.08. The van der Waals surface area contributed by atoms with E-state index in [1.165, 1.54) is 13.3 Å². The average Bonchev–Trinajstić information content (AvgIpc) is 2.45. The second-order valence-electron chi connectivity index (χ2n) is 2.26. The van der Waals surface area contributed by atoms with Gasteiger partial charge in [-0.25, -0.2) is 4.79 Å². The van der Waals surface area contributed by atoms with Crippen LogP contribution in [-0.2, 0) is 11.8 Å². The first-order valence-electron chi connectivity index (χ1n) is 3.43. The van der Waals surface area contributed by atoms with Crippen molar-refractivity contribution in [1.29, 1.82) is 0 Å². The van der Waals surface area contributed by atoms with Crippen LogP contribution in [-0.4, -0.2) is 22.9 Å². The van der Waals surface area contributed by atoms with Crippen molar-refractivity contribution in [2.75, 3.05) is 7.11 Å². The number of carbonyl (C=O) groups excluding carboxylic acids is 1. The van der Waals surface area contributed by atoms with E-state index in [9.17, 15) is 4.79 Å². The second-order valence-corrected chi connectivity index (χ2v) is 2.26. The topological polar surface area (TPSA) is 44.1 Å². The molecular formula is C8H10N2O2. The number of aromatic nitrogens is 2. The molecule has 1 aromatic heterocycles.